The number of aryl methyl sites for hydroxylation is 1. The van der Waals surface area contributed by atoms with Crippen LogP contribution in [0, 0.1) is 6.92 Å². The summed E-state index contributed by atoms with van der Waals surface area (Å²) in [5.74, 6) is -2.77. The topological polar surface area (TPSA) is 12.9 Å². The lowest BCUT2D eigenvalue weighted by Gasteiger charge is -2.06. The highest BCUT2D eigenvalue weighted by Crippen LogP contribution is 2.35. The fourth-order valence-electron chi connectivity index (χ4n) is 0.771. The second kappa shape index (κ2) is 2.79. The highest BCUT2D eigenvalue weighted by atomic mass is 79.9. The average Bonchev–Trinajstić information content (AvgIpc) is 2.08. The third kappa shape index (κ3) is 1.96. The van der Waals surface area contributed by atoms with Gasteiger partial charge in [-0.3, -0.25) is 0 Å². The van der Waals surface area contributed by atoms with Gasteiger partial charge < -0.3 is 0 Å². The molecule has 5 heteroatoms. The van der Waals surface area contributed by atoms with Gasteiger partial charge in [0.1, 0.15) is 0 Å². The summed E-state index contributed by atoms with van der Waals surface area (Å²) in [6, 6.07) is 0. The van der Waals surface area contributed by atoms with Crippen molar-refractivity contribution in [2.24, 2.45) is 0 Å². The van der Waals surface area contributed by atoms with Crippen molar-refractivity contribution < 1.29 is 8.78 Å². The van der Waals surface area contributed by atoms with E-state index in [0.717, 1.165) is 18.3 Å². The Labute approximate surface area is 75.6 Å². The summed E-state index contributed by atoms with van der Waals surface area (Å²) >= 11 is 4.03. The quantitative estimate of drug-likeness (QED) is 0.736. The van der Waals surface area contributed by atoms with Crippen LogP contribution in [0.1, 0.15) is 17.5 Å². The second-order valence-electron chi connectivity index (χ2n) is 2.27. The maximum absolute atomic E-state index is 12.7. The Hall–Kier alpha value is -0.0300. The molecule has 0 aliphatic carbocycles. The lowest BCUT2D eigenvalue weighted by Crippen LogP contribution is -2.05. The average molecular weight is 242 g/mol. The third-order valence-corrected chi connectivity index (χ3v) is 2.95. The smallest absolute Gasteiger partial charge is 0.234 e. The SMILES string of the molecule is Cc1nc(Br)sc1C(C)(F)F. The zero-order valence-corrected chi connectivity index (χ0v) is 8.39. The Balaban J connectivity index is 3.13. The molecule has 0 unspecified atom stereocenters. The molecule has 0 saturated heterocycles. The van der Waals surface area contributed by atoms with Crippen LogP contribution < -0.4 is 0 Å². The zero-order chi connectivity index (χ0) is 8.65. The minimum atomic E-state index is -2.77. The normalized spacial score (nSPS) is 12.1. The van der Waals surface area contributed by atoms with E-state index in [1.54, 1.807) is 6.92 Å². The van der Waals surface area contributed by atoms with Crippen LogP contribution in [0.3, 0.4) is 0 Å². The molecular formula is C6H6BrF2NS. The molecule has 1 heterocycles. The van der Waals surface area contributed by atoms with Crippen LogP contribution in [-0.2, 0) is 5.92 Å². The number of aromatic nitrogens is 1. The molecule has 0 radical (unpaired) electrons. The van der Waals surface area contributed by atoms with Crippen molar-refractivity contribution in [1.82, 2.24) is 4.98 Å². The van der Waals surface area contributed by atoms with E-state index in [9.17, 15) is 8.78 Å². The number of rotatable bonds is 1. The minimum absolute atomic E-state index is 0.0318. The number of alkyl halides is 2. The summed E-state index contributed by atoms with van der Waals surface area (Å²) in [5.41, 5.74) is 0.398. The van der Waals surface area contributed by atoms with Crippen molar-refractivity contribution >= 4 is 27.3 Å². The number of thiazole rings is 1. The molecule has 0 spiro atoms. The van der Waals surface area contributed by atoms with Crippen molar-refractivity contribution in [3.63, 3.8) is 0 Å². The molecule has 0 atom stereocenters. The van der Waals surface area contributed by atoms with E-state index in [2.05, 4.69) is 20.9 Å². The first-order chi connectivity index (χ1) is 4.91. The summed E-state index contributed by atoms with van der Waals surface area (Å²) < 4.78 is 25.9. The van der Waals surface area contributed by atoms with Crippen LogP contribution in [0.25, 0.3) is 0 Å². The van der Waals surface area contributed by atoms with E-state index in [1.807, 2.05) is 0 Å². The number of hydrogen-bond donors (Lipinski definition) is 0. The van der Waals surface area contributed by atoms with E-state index in [1.165, 1.54) is 0 Å². The molecule has 1 nitrogen and oxygen atoms in total. The lowest BCUT2D eigenvalue weighted by atomic mass is 10.3. The minimum Gasteiger partial charge on any atom is -0.234 e. The van der Waals surface area contributed by atoms with E-state index >= 15 is 0 Å². The van der Waals surface area contributed by atoms with Gasteiger partial charge >= 0.3 is 0 Å². The van der Waals surface area contributed by atoms with Gasteiger partial charge in [-0.15, -0.1) is 11.3 Å². The standard InChI is InChI=1S/C6H6BrF2NS/c1-3-4(6(2,8)9)11-5(7)10-3/h1-2H3. The molecule has 1 aromatic heterocycles. The summed E-state index contributed by atoms with van der Waals surface area (Å²) in [7, 11) is 0. The van der Waals surface area contributed by atoms with Gasteiger partial charge in [0.25, 0.3) is 5.92 Å². The van der Waals surface area contributed by atoms with Crippen LogP contribution >= 0.6 is 27.3 Å². The van der Waals surface area contributed by atoms with Crippen LogP contribution in [0.15, 0.2) is 3.92 Å². The van der Waals surface area contributed by atoms with Gasteiger partial charge in [0, 0.05) is 6.92 Å². The highest BCUT2D eigenvalue weighted by molar-refractivity contribution is 9.11. The maximum atomic E-state index is 12.7. The van der Waals surface area contributed by atoms with Crippen molar-refractivity contribution in [3.8, 4) is 0 Å². The molecule has 0 fully saturated rings. The molecule has 0 N–H and O–H groups in total. The second-order valence-corrected chi connectivity index (χ2v) is 4.54. The van der Waals surface area contributed by atoms with Crippen LogP contribution in [-0.4, -0.2) is 4.98 Å². The maximum Gasteiger partial charge on any atom is 0.281 e. The number of halogens is 3. The van der Waals surface area contributed by atoms with Gasteiger partial charge in [0.2, 0.25) is 0 Å². The Kier molecular flexibility index (Phi) is 2.29. The molecule has 0 bridgehead atoms. The molecule has 0 saturated carbocycles. The van der Waals surface area contributed by atoms with Crippen LogP contribution in [0.4, 0.5) is 8.78 Å². The Morgan fingerprint density at radius 2 is 2.09 bits per heavy atom. The van der Waals surface area contributed by atoms with Crippen molar-refractivity contribution in [1.29, 1.82) is 0 Å². The fraction of sp³-hybridized carbons (Fsp3) is 0.500. The molecule has 0 aromatic carbocycles. The molecule has 11 heavy (non-hydrogen) atoms. The van der Waals surface area contributed by atoms with Gasteiger partial charge in [-0.25, -0.2) is 13.8 Å². The van der Waals surface area contributed by atoms with E-state index < -0.39 is 5.92 Å². The third-order valence-electron chi connectivity index (χ3n) is 1.17. The predicted molar refractivity (Wildman–Crippen MR) is 44.1 cm³/mol. The monoisotopic (exact) mass is 241 g/mol. The summed E-state index contributed by atoms with van der Waals surface area (Å²) in [5, 5.41) is 0. The van der Waals surface area contributed by atoms with E-state index in [-0.39, 0.29) is 4.88 Å². The lowest BCUT2D eigenvalue weighted by molar-refractivity contribution is 0.0207. The molecule has 0 aliphatic heterocycles. The summed E-state index contributed by atoms with van der Waals surface area (Å²) in [6.45, 7) is 2.45. The van der Waals surface area contributed by atoms with Gasteiger partial charge in [-0.05, 0) is 22.9 Å². The van der Waals surface area contributed by atoms with Gasteiger partial charge in [0.15, 0.2) is 3.92 Å². The molecule has 0 amide bonds. The summed E-state index contributed by atoms with van der Waals surface area (Å²) in [6.07, 6.45) is 0. The number of nitrogens with zero attached hydrogens (tertiary/aromatic N) is 1. The zero-order valence-electron chi connectivity index (χ0n) is 5.99. The Morgan fingerprint density at radius 1 is 1.55 bits per heavy atom. The molecule has 62 valence electrons. The van der Waals surface area contributed by atoms with Gasteiger partial charge in [-0.1, -0.05) is 0 Å². The molecule has 1 aromatic rings. The van der Waals surface area contributed by atoms with Crippen molar-refractivity contribution in [2.75, 3.05) is 0 Å². The van der Waals surface area contributed by atoms with Gasteiger partial charge in [0.05, 0.1) is 10.6 Å². The molecule has 1 rings (SSSR count). The molecule has 0 aliphatic rings. The largest absolute Gasteiger partial charge is 0.281 e. The Morgan fingerprint density at radius 3 is 2.27 bits per heavy atom. The van der Waals surface area contributed by atoms with Crippen LogP contribution in [0.2, 0.25) is 0 Å². The van der Waals surface area contributed by atoms with E-state index in [0.29, 0.717) is 9.61 Å². The number of hydrogen-bond acceptors (Lipinski definition) is 2. The Bertz CT molecular complexity index is 266. The van der Waals surface area contributed by atoms with Crippen molar-refractivity contribution in [2.45, 2.75) is 19.8 Å². The highest BCUT2D eigenvalue weighted by Gasteiger charge is 2.29. The van der Waals surface area contributed by atoms with Crippen LogP contribution in [0.5, 0.6) is 0 Å². The summed E-state index contributed by atoms with van der Waals surface area (Å²) in [4.78, 5) is 3.86. The van der Waals surface area contributed by atoms with E-state index in [4.69, 9.17) is 0 Å². The van der Waals surface area contributed by atoms with Gasteiger partial charge in [-0.2, -0.15) is 0 Å². The first-order valence-corrected chi connectivity index (χ1v) is 4.53. The first-order valence-electron chi connectivity index (χ1n) is 2.92. The van der Waals surface area contributed by atoms with Crippen molar-refractivity contribution in [3.05, 3.63) is 14.5 Å². The molecular weight excluding hydrogens is 236 g/mol. The predicted octanol–water partition coefficient (Wildman–Crippen LogP) is 3.33. The first kappa shape index (κ1) is 9.06. The fourth-order valence-corrected chi connectivity index (χ4v) is 2.25.